The van der Waals surface area contributed by atoms with Gasteiger partial charge in [0.2, 0.25) is 0 Å². The molecule has 0 spiro atoms. The van der Waals surface area contributed by atoms with Crippen LogP contribution in [0.5, 0.6) is 0 Å². The molecule has 8 nitrogen and oxygen atoms in total. The molecule has 11 heteroatoms. The van der Waals surface area contributed by atoms with Crippen LogP contribution in [0.15, 0.2) is 71.9 Å². The van der Waals surface area contributed by atoms with Crippen molar-refractivity contribution in [2.24, 2.45) is 13.0 Å². The van der Waals surface area contributed by atoms with Crippen molar-refractivity contribution in [3.63, 3.8) is 0 Å². The van der Waals surface area contributed by atoms with Gasteiger partial charge in [0, 0.05) is 31.0 Å². The molecule has 0 bridgehead atoms. The fourth-order valence-corrected chi connectivity index (χ4v) is 4.19. The van der Waals surface area contributed by atoms with Crippen molar-refractivity contribution in [1.29, 1.82) is 0 Å². The number of carbonyl (C=O) groups is 1. The third kappa shape index (κ3) is 6.99. The predicted molar refractivity (Wildman–Crippen MR) is 143 cm³/mol. The number of hydrogen-bond donors (Lipinski definition) is 2. The average molecular weight is 539 g/mol. The van der Waals surface area contributed by atoms with E-state index >= 15 is 0 Å². The lowest BCUT2D eigenvalue weighted by molar-refractivity contribution is -0.141. The van der Waals surface area contributed by atoms with Crippen LogP contribution >= 0.6 is 0 Å². The number of anilines is 1. The largest absolute Gasteiger partial charge is 0.406 e. The van der Waals surface area contributed by atoms with Crippen LogP contribution in [0.1, 0.15) is 29.8 Å². The van der Waals surface area contributed by atoms with Gasteiger partial charge >= 0.3 is 6.18 Å². The molecule has 2 aromatic heterocycles. The number of benzene rings is 2. The maximum absolute atomic E-state index is 13.2. The van der Waals surface area contributed by atoms with Gasteiger partial charge in [0.25, 0.3) is 11.5 Å². The Bertz CT molecular complexity index is 1520. The summed E-state index contributed by atoms with van der Waals surface area (Å²) in [5.41, 5.74) is 1.85. The highest BCUT2D eigenvalue weighted by Crippen LogP contribution is 2.32. The normalized spacial score (nSPS) is 11.7. The summed E-state index contributed by atoms with van der Waals surface area (Å²) < 4.78 is 41.8. The zero-order valence-corrected chi connectivity index (χ0v) is 21.8. The summed E-state index contributed by atoms with van der Waals surface area (Å²) in [7, 11) is 1.83. The van der Waals surface area contributed by atoms with E-state index in [9.17, 15) is 22.8 Å². The summed E-state index contributed by atoms with van der Waals surface area (Å²) in [5.74, 6) is 0.188. The molecule has 0 aliphatic rings. The zero-order valence-electron chi connectivity index (χ0n) is 21.8. The Kier molecular flexibility index (Phi) is 8.29. The third-order valence-electron chi connectivity index (χ3n) is 5.93. The summed E-state index contributed by atoms with van der Waals surface area (Å²) in [6.45, 7) is 3.35. The SMILES string of the molecule is CC(C)CNCc1cc(C(=O)Nc2cccc(-c3ccccc3-c3nncn3C)c2)c(=O)n(CC(F)(F)F)c1. The number of rotatable bonds is 9. The zero-order chi connectivity index (χ0) is 28.2. The van der Waals surface area contributed by atoms with Gasteiger partial charge < -0.3 is 19.8 Å². The molecule has 39 heavy (non-hydrogen) atoms. The number of hydrogen-bond acceptors (Lipinski definition) is 5. The van der Waals surface area contributed by atoms with Gasteiger partial charge in [-0.15, -0.1) is 10.2 Å². The number of nitrogens with one attached hydrogen (secondary N) is 2. The van der Waals surface area contributed by atoms with Crippen molar-refractivity contribution in [3.05, 3.63) is 88.6 Å². The molecule has 2 aromatic carbocycles. The molecule has 1 amide bonds. The molecule has 0 fully saturated rings. The molecule has 204 valence electrons. The molecule has 4 aromatic rings. The maximum atomic E-state index is 13.2. The number of pyridine rings is 1. The number of aromatic nitrogens is 4. The van der Waals surface area contributed by atoms with Crippen molar-refractivity contribution >= 4 is 11.6 Å². The van der Waals surface area contributed by atoms with Crippen LogP contribution < -0.4 is 16.2 Å². The summed E-state index contributed by atoms with van der Waals surface area (Å²) in [4.78, 5) is 26.1. The molecule has 0 aliphatic carbocycles. The first kappa shape index (κ1) is 27.8. The monoisotopic (exact) mass is 538 g/mol. The predicted octanol–water partition coefficient (Wildman–Crippen LogP) is 4.87. The van der Waals surface area contributed by atoms with E-state index in [1.807, 2.05) is 51.2 Å². The van der Waals surface area contributed by atoms with Gasteiger partial charge in [-0.25, -0.2) is 0 Å². The van der Waals surface area contributed by atoms with Crippen LogP contribution in [0.4, 0.5) is 18.9 Å². The number of aryl methyl sites for hydroxylation is 1. The molecule has 0 atom stereocenters. The van der Waals surface area contributed by atoms with E-state index < -0.39 is 24.2 Å². The van der Waals surface area contributed by atoms with E-state index in [-0.39, 0.29) is 12.1 Å². The van der Waals surface area contributed by atoms with E-state index in [0.29, 0.717) is 34.1 Å². The molecular formula is C28H29F3N6O2. The maximum Gasteiger partial charge on any atom is 0.406 e. The lowest BCUT2D eigenvalue weighted by atomic mass is 9.98. The van der Waals surface area contributed by atoms with Gasteiger partial charge in [-0.2, -0.15) is 13.2 Å². The van der Waals surface area contributed by atoms with Crippen molar-refractivity contribution in [2.45, 2.75) is 33.1 Å². The summed E-state index contributed by atoms with van der Waals surface area (Å²) in [5, 5.41) is 13.9. The van der Waals surface area contributed by atoms with E-state index in [0.717, 1.165) is 22.9 Å². The second-order valence-electron chi connectivity index (χ2n) is 9.68. The highest BCUT2D eigenvalue weighted by atomic mass is 19.4. The van der Waals surface area contributed by atoms with Crippen LogP contribution in [-0.4, -0.2) is 38.0 Å². The van der Waals surface area contributed by atoms with Crippen molar-refractivity contribution < 1.29 is 18.0 Å². The van der Waals surface area contributed by atoms with Crippen molar-refractivity contribution in [3.8, 4) is 22.5 Å². The number of alkyl halides is 3. The third-order valence-corrected chi connectivity index (χ3v) is 5.93. The standard InChI is InChI=1S/C28H29F3N6O2/c1-18(2)13-32-14-19-11-24(27(39)37(15-19)16-28(29,30)31)26(38)34-21-8-6-7-20(12-21)22-9-4-5-10-23(22)25-35-33-17-36(25)3/h4-12,15,17-18,32H,13-14,16H2,1-3H3,(H,34,38). The molecule has 0 saturated carbocycles. The van der Waals surface area contributed by atoms with Crippen LogP contribution in [0.3, 0.4) is 0 Å². The Labute approximate surface area is 223 Å². The summed E-state index contributed by atoms with van der Waals surface area (Å²) in [6, 6.07) is 15.9. The smallest absolute Gasteiger partial charge is 0.322 e. The van der Waals surface area contributed by atoms with Gasteiger partial charge in [0.1, 0.15) is 18.4 Å². The van der Waals surface area contributed by atoms with Crippen LogP contribution in [0, 0.1) is 5.92 Å². The molecule has 0 radical (unpaired) electrons. The van der Waals surface area contributed by atoms with Gasteiger partial charge in [-0.05, 0) is 47.4 Å². The van der Waals surface area contributed by atoms with Crippen LogP contribution in [-0.2, 0) is 20.1 Å². The van der Waals surface area contributed by atoms with Crippen molar-refractivity contribution in [1.82, 2.24) is 24.6 Å². The molecule has 0 aliphatic heterocycles. The van der Waals surface area contributed by atoms with E-state index in [2.05, 4.69) is 20.8 Å². The highest BCUT2D eigenvalue weighted by molar-refractivity contribution is 6.04. The number of amides is 1. The minimum atomic E-state index is -4.62. The summed E-state index contributed by atoms with van der Waals surface area (Å²) >= 11 is 0. The molecule has 2 heterocycles. The fraction of sp³-hybridized carbons (Fsp3) is 0.286. The molecule has 0 saturated heterocycles. The Morgan fingerprint density at radius 2 is 1.79 bits per heavy atom. The molecule has 2 N–H and O–H groups in total. The topological polar surface area (TPSA) is 93.8 Å². The van der Waals surface area contributed by atoms with E-state index in [1.54, 1.807) is 29.1 Å². The number of carbonyl (C=O) groups excluding carboxylic acids is 1. The lowest BCUT2D eigenvalue weighted by Crippen LogP contribution is -2.34. The van der Waals surface area contributed by atoms with Crippen LogP contribution in [0.25, 0.3) is 22.5 Å². The molecule has 4 rings (SSSR count). The number of nitrogens with zero attached hydrogens (tertiary/aromatic N) is 4. The van der Waals surface area contributed by atoms with Gasteiger partial charge in [0.15, 0.2) is 5.82 Å². The quantitative estimate of drug-likeness (QED) is 0.317. The van der Waals surface area contributed by atoms with Gasteiger partial charge in [-0.3, -0.25) is 9.59 Å². The Hall–Kier alpha value is -4.25. The Morgan fingerprint density at radius 1 is 1.05 bits per heavy atom. The first-order chi connectivity index (χ1) is 18.5. The second-order valence-corrected chi connectivity index (χ2v) is 9.68. The van der Waals surface area contributed by atoms with E-state index in [1.165, 1.54) is 6.07 Å². The fourth-order valence-electron chi connectivity index (χ4n) is 4.19. The Morgan fingerprint density at radius 3 is 2.46 bits per heavy atom. The minimum Gasteiger partial charge on any atom is -0.322 e. The minimum absolute atomic E-state index is 0.213. The average Bonchev–Trinajstić information content (AvgIpc) is 3.30. The van der Waals surface area contributed by atoms with Gasteiger partial charge in [-0.1, -0.05) is 50.2 Å². The number of halogens is 3. The first-order valence-corrected chi connectivity index (χ1v) is 12.4. The van der Waals surface area contributed by atoms with Gasteiger partial charge in [0.05, 0.1) is 0 Å². The highest BCUT2D eigenvalue weighted by Gasteiger charge is 2.29. The second kappa shape index (κ2) is 11.6. The lowest BCUT2D eigenvalue weighted by Gasteiger charge is -2.15. The molecule has 0 unspecified atom stereocenters. The first-order valence-electron chi connectivity index (χ1n) is 12.4. The Balaban J connectivity index is 1.65. The molecular weight excluding hydrogens is 509 g/mol. The van der Waals surface area contributed by atoms with E-state index in [4.69, 9.17) is 0 Å². The summed E-state index contributed by atoms with van der Waals surface area (Å²) in [6.07, 6.45) is -1.88. The van der Waals surface area contributed by atoms with Crippen molar-refractivity contribution in [2.75, 3.05) is 11.9 Å². The van der Waals surface area contributed by atoms with Crippen LogP contribution in [0.2, 0.25) is 0 Å².